The van der Waals surface area contributed by atoms with E-state index < -0.39 is 0 Å². The first-order valence-corrected chi connectivity index (χ1v) is 7.82. The van der Waals surface area contributed by atoms with Crippen LogP contribution in [0.1, 0.15) is 43.3 Å². The number of halogens is 2. The van der Waals surface area contributed by atoms with E-state index in [0.29, 0.717) is 5.15 Å². The molecule has 0 aliphatic heterocycles. The maximum absolute atomic E-state index is 6.20. The maximum Gasteiger partial charge on any atom is 0.137 e. The Balaban J connectivity index is 2.23. The van der Waals surface area contributed by atoms with Crippen LogP contribution >= 0.6 is 23.2 Å². The fraction of sp³-hybridized carbons (Fsp3) is 0.375. The first-order valence-electron chi connectivity index (χ1n) is 7.06. The number of hydrogen-bond acceptors (Lipinski definition) is 3. The van der Waals surface area contributed by atoms with Crippen molar-refractivity contribution in [1.82, 2.24) is 9.97 Å². The molecule has 1 N–H and O–H groups in total. The Hall–Kier alpha value is -1.32. The van der Waals surface area contributed by atoms with E-state index in [1.54, 1.807) is 0 Å². The lowest BCUT2D eigenvalue weighted by Crippen LogP contribution is -2.11. The monoisotopic (exact) mass is 323 g/mol. The average Bonchev–Trinajstić information content (AvgIpc) is 2.45. The third kappa shape index (κ3) is 4.08. The molecular formula is C16H19Cl2N3. The minimum absolute atomic E-state index is 0.112. The molecule has 0 aliphatic carbocycles. The summed E-state index contributed by atoms with van der Waals surface area (Å²) in [6.07, 6.45) is 1.82. The lowest BCUT2D eigenvalue weighted by atomic mass is 10.1. The van der Waals surface area contributed by atoms with Crippen molar-refractivity contribution in [2.45, 2.75) is 39.7 Å². The van der Waals surface area contributed by atoms with E-state index in [2.05, 4.69) is 29.1 Å². The summed E-state index contributed by atoms with van der Waals surface area (Å²) in [5.41, 5.74) is 2.02. The Kier molecular flexibility index (Phi) is 5.43. The Labute approximate surface area is 135 Å². The quantitative estimate of drug-likeness (QED) is 0.767. The molecule has 0 saturated carbocycles. The van der Waals surface area contributed by atoms with Gasteiger partial charge in [0.1, 0.15) is 16.8 Å². The molecule has 0 radical (unpaired) electrons. The Morgan fingerprint density at radius 1 is 1.14 bits per heavy atom. The largest absolute Gasteiger partial charge is 0.363 e. The molecule has 1 atom stereocenters. The number of nitrogens with one attached hydrogen (secondary N) is 1. The fourth-order valence-corrected chi connectivity index (χ4v) is 2.36. The molecule has 0 bridgehead atoms. The van der Waals surface area contributed by atoms with E-state index in [1.807, 2.05) is 31.2 Å². The lowest BCUT2D eigenvalue weighted by Gasteiger charge is -2.17. The van der Waals surface area contributed by atoms with Crippen molar-refractivity contribution in [3.63, 3.8) is 0 Å². The molecule has 2 aromatic rings. The molecule has 1 heterocycles. The molecule has 21 heavy (non-hydrogen) atoms. The number of aryl methyl sites for hydroxylation is 1. The van der Waals surface area contributed by atoms with Crippen molar-refractivity contribution < 1.29 is 0 Å². The average molecular weight is 324 g/mol. The molecule has 112 valence electrons. The predicted molar refractivity (Wildman–Crippen MR) is 89.3 cm³/mol. The summed E-state index contributed by atoms with van der Waals surface area (Å²) >= 11 is 12.1. The summed E-state index contributed by atoms with van der Waals surface area (Å²) < 4.78 is 0. The molecular weight excluding hydrogens is 305 g/mol. The Morgan fingerprint density at radius 2 is 1.81 bits per heavy atom. The topological polar surface area (TPSA) is 37.8 Å². The second-order valence-electron chi connectivity index (χ2n) is 5.07. The highest BCUT2D eigenvalue weighted by atomic mass is 35.5. The molecule has 2 rings (SSSR count). The van der Waals surface area contributed by atoms with E-state index in [-0.39, 0.29) is 6.04 Å². The summed E-state index contributed by atoms with van der Waals surface area (Å²) in [5, 5.41) is 4.65. The van der Waals surface area contributed by atoms with Gasteiger partial charge in [-0.05, 0) is 38.0 Å². The molecule has 0 aliphatic rings. The maximum atomic E-state index is 6.20. The highest BCUT2D eigenvalue weighted by molar-refractivity contribution is 6.30. The highest BCUT2D eigenvalue weighted by Crippen LogP contribution is 2.25. The van der Waals surface area contributed by atoms with Gasteiger partial charge >= 0.3 is 0 Å². The second kappa shape index (κ2) is 7.10. The molecule has 5 heteroatoms. The van der Waals surface area contributed by atoms with Crippen molar-refractivity contribution in [2.75, 3.05) is 5.32 Å². The van der Waals surface area contributed by atoms with Crippen molar-refractivity contribution in [3.05, 3.63) is 51.4 Å². The molecule has 1 unspecified atom stereocenters. The third-order valence-corrected chi connectivity index (χ3v) is 3.95. The van der Waals surface area contributed by atoms with Gasteiger partial charge in [0.2, 0.25) is 0 Å². The van der Waals surface area contributed by atoms with Crippen molar-refractivity contribution in [2.24, 2.45) is 0 Å². The van der Waals surface area contributed by atoms with Crippen LogP contribution < -0.4 is 5.32 Å². The number of anilines is 1. The first kappa shape index (κ1) is 16.1. The normalized spacial score (nSPS) is 12.2. The zero-order valence-electron chi connectivity index (χ0n) is 12.5. The summed E-state index contributed by atoms with van der Waals surface area (Å²) in [5.74, 6) is 1.57. The van der Waals surface area contributed by atoms with Crippen LogP contribution in [-0.2, 0) is 6.42 Å². The molecule has 3 nitrogen and oxygen atoms in total. The molecule has 0 spiro atoms. The second-order valence-corrected chi connectivity index (χ2v) is 5.87. The van der Waals surface area contributed by atoms with Crippen LogP contribution in [0.25, 0.3) is 0 Å². The third-order valence-electron chi connectivity index (χ3n) is 3.33. The van der Waals surface area contributed by atoms with Gasteiger partial charge in [-0.3, -0.25) is 0 Å². The van der Waals surface area contributed by atoms with Gasteiger partial charge in [-0.2, -0.15) is 0 Å². The molecule has 1 aromatic carbocycles. The van der Waals surface area contributed by atoms with Crippen LogP contribution in [0.4, 0.5) is 5.82 Å². The van der Waals surface area contributed by atoms with Crippen LogP contribution in [0.2, 0.25) is 10.2 Å². The minimum atomic E-state index is 0.112. The molecule has 0 amide bonds. The Morgan fingerprint density at radius 3 is 2.43 bits per heavy atom. The Bertz CT molecular complexity index is 612. The summed E-state index contributed by atoms with van der Waals surface area (Å²) in [4.78, 5) is 8.88. The number of rotatable bonds is 5. The summed E-state index contributed by atoms with van der Waals surface area (Å²) in [7, 11) is 0. The number of benzene rings is 1. The van der Waals surface area contributed by atoms with Crippen LogP contribution in [0, 0.1) is 6.92 Å². The fourth-order valence-electron chi connectivity index (χ4n) is 2.05. The number of hydrogen-bond donors (Lipinski definition) is 1. The van der Waals surface area contributed by atoms with Gasteiger partial charge in [-0.1, -0.05) is 42.3 Å². The van der Waals surface area contributed by atoms with Gasteiger partial charge in [0, 0.05) is 23.0 Å². The van der Waals surface area contributed by atoms with Crippen molar-refractivity contribution in [3.8, 4) is 0 Å². The van der Waals surface area contributed by atoms with E-state index in [9.17, 15) is 0 Å². The zero-order valence-corrected chi connectivity index (χ0v) is 14.0. The SMILES string of the molecule is CCCc1nc(Cl)c(C)c(NC(C)c2ccc(Cl)cc2)n1. The van der Waals surface area contributed by atoms with Crippen molar-refractivity contribution >= 4 is 29.0 Å². The van der Waals surface area contributed by atoms with Crippen LogP contribution in [0.5, 0.6) is 0 Å². The van der Waals surface area contributed by atoms with Crippen LogP contribution in [0.3, 0.4) is 0 Å². The van der Waals surface area contributed by atoms with Gasteiger partial charge in [-0.25, -0.2) is 9.97 Å². The van der Waals surface area contributed by atoms with Gasteiger partial charge < -0.3 is 5.32 Å². The van der Waals surface area contributed by atoms with E-state index in [0.717, 1.165) is 40.6 Å². The van der Waals surface area contributed by atoms with Crippen LogP contribution in [0.15, 0.2) is 24.3 Å². The van der Waals surface area contributed by atoms with E-state index in [1.165, 1.54) is 0 Å². The zero-order chi connectivity index (χ0) is 15.4. The van der Waals surface area contributed by atoms with E-state index in [4.69, 9.17) is 23.2 Å². The van der Waals surface area contributed by atoms with E-state index >= 15 is 0 Å². The molecule has 1 aromatic heterocycles. The highest BCUT2D eigenvalue weighted by Gasteiger charge is 2.12. The number of nitrogens with zero attached hydrogens (tertiary/aromatic N) is 2. The minimum Gasteiger partial charge on any atom is -0.363 e. The number of aromatic nitrogens is 2. The van der Waals surface area contributed by atoms with Gasteiger partial charge in [0.05, 0.1) is 0 Å². The summed E-state index contributed by atoms with van der Waals surface area (Å²) in [6.45, 7) is 6.10. The predicted octanol–water partition coefficient (Wildman–Crippen LogP) is 5.22. The van der Waals surface area contributed by atoms with Crippen LogP contribution in [-0.4, -0.2) is 9.97 Å². The van der Waals surface area contributed by atoms with Gasteiger partial charge in [0.15, 0.2) is 0 Å². The molecule has 0 saturated heterocycles. The van der Waals surface area contributed by atoms with Crippen molar-refractivity contribution in [1.29, 1.82) is 0 Å². The lowest BCUT2D eigenvalue weighted by molar-refractivity contribution is 0.814. The standard InChI is InChI=1S/C16H19Cl2N3/c1-4-5-14-20-15(18)10(2)16(21-14)19-11(3)12-6-8-13(17)9-7-12/h6-9,11H,4-5H2,1-3H3,(H,19,20,21). The summed E-state index contributed by atoms with van der Waals surface area (Å²) in [6, 6.07) is 7.90. The van der Waals surface area contributed by atoms with Gasteiger partial charge in [0.25, 0.3) is 0 Å². The molecule has 0 fully saturated rings. The smallest absolute Gasteiger partial charge is 0.137 e. The van der Waals surface area contributed by atoms with Gasteiger partial charge in [-0.15, -0.1) is 0 Å². The first-order chi connectivity index (χ1) is 10.0.